The molecule has 0 spiro atoms. The summed E-state index contributed by atoms with van der Waals surface area (Å²) in [6.07, 6.45) is 3.22. The predicted octanol–water partition coefficient (Wildman–Crippen LogP) is 1.55. The minimum Gasteiger partial charge on any atom is -0.481 e. The van der Waals surface area contributed by atoms with Crippen LogP contribution in [0, 0.1) is 0 Å². The number of hydrogen-bond donors (Lipinski definition) is 1. The zero-order chi connectivity index (χ0) is 13.7. The van der Waals surface area contributed by atoms with Gasteiger partial charge in [0, 0.05) is 6.20 Å². The second-order valence-electron chi connectivity index (χ2n) is 4.20. The molecule has 1 N–H and O–H groups in total. The number of tetrazole rings is 1. The van der Waals surface area contributed by atoms with E-state index in [0.29, 0.717) is 17.9 Å². The Morgan fingerprint density at radius 3 is 2.95 bits per heavy atom. The fourth-order valence-corrected chi connectivity index (χ4v) is 1.95. The molecule has 0 amide bonds. The van der Waals surface area contributed by atoms with E-state index < -0.39 is 5.97 Å². The van der Waals surface area contributed by atoms with Crippen molar-refractivity contribution in [2.24, 2.45) is 0 Å². The molecular formula is C12H15N5O2. The molecule has 0 saturated carbocycles. The molecule has 100 valence electrons. The van der Waals surface area contributed by atoms with Gasteiger partial charge in [0.25, 0.3) is 0 Å². The Morgan fingerprint density at radius 2 is 2.32 bits per heavy atom. The highest BCUT2D eigenvalue weighted by molar-refractivity contribution is 5.67. The van der Waals surface area contributed by atoms with E-state index in [1.54, 1.807) is 23.0 Å². The second-order valence-corrected chi connectivity index (χ2v) is 4.20. The first kappa shape index (κ1) is 13.1. The summed E-state index contributed by atoms with van der Waals surface area (Å²) in [6.45, 7) is 2.00. The zero-order valence-electron chi connectivity index (χ0n) is 10.6. The highest BCUT2D eigenvalue weighted by Gasteiger charge is 2.20. The normalized spacial score (nSPS) is 12.3. The highest BCUT2D eigenvalue weighted by atomic mass is 16.4. The van der Waals surface area contributed by atoms with Gasteiger partial charge in [0.2, 0.25) is 5.82 Å². The molecule has 0 aliphatic rings. The van der Waals surface area contributed by atoms with Gasteiger partial charge in [0.15, 0.2) is 0 Å². The summed E-state index contributed by atoms with van der Waals surface area (Å²) in [4.78, 5) is 15.1. The number of nitrogens with zero attached hydrogens (tertiary/aromatic N) is 5. The molecule has 7 heteroatoms. The number of carbonyl (C=O) groups is 1. The van der Waals surface area contributed by atoms with Gasteiger partial charge in [-0.2, -0.15) is 0 Å². The number of rotatable bonds is 6. The van der Waals surface area contributed by atoms with Crippen LogP contribution in [0.15, 0.2) is 24.4 Å². The van der Waals surface area contributed by atoms with Crippen molar-refractivity contribution in [1.29, 1.82) is 0 Å². The Bertz CT molecular complexity index is 540. The van der Waals surface area contributed by atoms with E-state index in [1.807, 2.05) is 13.0 Å². The van der Waals surface area contributed by atoms with E-state index in [0.717, 1.165) is 6.42 Å². The lowest BCUT2D eigenvalue weighted by Gasteiger charge is -2.15. The highest BCUT2D eigenvalue weighted by Crippen LogP contribution is 2.22. The van der Waals surface area contributed by atoms with E-state index in [-0.39, 0.29) is 12.5 Å². The number of hydrogen-bond acceptors (Lipinski definition) is 5. The molecular weight excluding hydrogens is 246 g/mol. The van der Waals surface area contributed by atoms with Crippen LogP contribution in [0.4, 0.5) is 0 Å². The predicted molar refractivity (Wildman–Crippen MR) is 67.2 cm³/mol. The molecule has 0 bridgehead atoms. The molecule has 19 heavy (non-hydrogen) atoms. The standard InChI is InChI=1S/C12H15N5O2/c1-2-5-9(8-11(18)19)17-12(14-15-16-17)10-6-3-4-7-13-10/h3-4,6-7,9H,2,5,8H2,1H3,(H,18,19). The van der Waals surface area contributed by atoms with Crippen LogP contribution in [0.25, 0.3) is 11.5 Å². The van der Waals surface area contributed by atoms with E-state index in [4.69, 9.17) is 5.11 Å². The van der Waals surface area contributed by atoms with E-state index in [2.05, 4.69) is 20.5 Å². The molecule has 2 aromatic rings. The number of pyridine rings is 1. The first-order valence-electron chi connectivity index (χ1n) is 6.13. The lowest BCUT2D eigenvalue weighted by Crippen LogP contribution is -2.16. The summed E-state index contributed by atoms with van der Waals surface area (Å²) in [5, 5.41) is 20.5. The van der Waals surface area contributed by atoms with E-state index in [1.165, 1.54) is 0 Å². The molecule has 0 aliphatic heterocycles. The third-order valence-electron chi connectivity index (χ3n) is 2.76. The molecule has 2 rings (SSSR count). The second kappa shape index (κ2) is 6.03. The third-order valence-corrected chi connectivity index (χ3v) is 2.76. The SMILES string of the molecule is CCCC(CC(=O)O)n1nnnc1-c1ccccn1. The molecule has 0 aliphatic carbocycles. The average Bonchev–Trinajstić information content (AvgIpc) is 2.88. The Hall–Kier alpha value is -2.31. The van der Waals surface area contributed by atoms with E-state index >= 15 is 0 Å². The molecule has 2 heterocycles. The van der Waals surface area contributed by atoms with Gasteiger partial charge in [-0.3, -0.25) is 9.78 Å². The topological polar surface area (TPSA) is 93.8 Å². The Morgan fingerprint density at radius 1 is 1.47 bits per heavy atom. The molecule has 2 aromatic heterocycles. The Labute approximate surface area is 110 Å². The van der Waals surface area contributed by atoms with Gasteiger partial charge in [-0.15, -0.1) is 5.10 Å². The molecule has 1 atom stereocenters. The number of carboxylic acid groups (broad SMARTS) is 1. The van der Waals surface area contributed by atoms with Gasteiger partial charge >= 0.3 is 5.97 Å². The lowest BCUT2D eigenvalue weighted by atomic mass is 10.1. The molecule has 7 nitrogen and oxygen atoms in total. The van der Waals surface area contributed by atoms with Crippen molar-refractivity contribution in [1.82, 2.24) is 25.2 Å². The summed E-state index contributed by atoms with van der Waals surface area (Å²) in [6, 6.07) is 5.19. The third kappa shape index (κ3) is 3.12. The summed E-state index contributed by atoms with van der Waals surface area (Å²) in [7, 11) is 0. The maximum Gasteiger partial charge on any atom is 0.305 e. The van der Waals surface area contributed by atoms with Crippen LogP contribution in [-0.2, 0) is 4.79 Å². The maximum atomic E-state index is 10.9. The fraction of sp³-hybridized carbons (Fsp3) is 0.417. The van der Waals surface area contributed by atoms with Gasteiger partial charge in [0.05, 0.1) is 12.5 Å². The van der Waals surface area contributed by atoms with Gasteiger partial charge in [-0.1, -0.05) is 19.4 Å². The quantitative estimate of drug-likeness (QED) is 0.847. The Balaban J connectivity index is 2.33. The Kier molecular flexibility index (Phi) is 4.17. The van der Waals surface area contributed by atoms with Crippen LogP contribution in [0.3, 0.4) is 0 Å². The summed E-state index contributed by atoms with van der Waals surface area (Å²) in [5.41, 5.74) is 0.638. The van der Waals surface area contributed by atoms with Crippen LogP contribution in [0.5, 0.6) is 0 Å². The first-order valence-corrected chi connectivity index (χ1v) is 6.13. The van der Waals surface area contributed by atoms with Crippen LogP contribution < -0.4 is 0 Å². The zero-order valence-corrected chi connectivity index (χ0v) is 10.6. The van der Waals surface area contributed by atoms with Gasteiger partial charge in [-0.25, -0.2) is 4.68 Å². The minimum absolute atomic E-state index is 0.00128. The molecule has 0 aromatic carbocycles. The van der Waals surface area contributed by atoms with Gasteiger partial charge < -0.3 is 5.11 Å². The van der Waals surface area contributed by atoms with Crippen molar-refractivity contribution in [3.8, 4) is 11.5 Å². The smallest absolute Gasteiger partial charge is 0.305 e. The van der Waals surface area contributed by atoms with Crippen LogP contribution in [0.2, 0.25) is 0 Å². The summed E-state index contributed by atoms with van der Waals surface area (Å²) >= 11 is 0. The van der Waals surface area contributed by atoms with Gasteiger partial charge in [-0.05, 0) is 29.0 Å². The largest absolute Gasteiger partial charge is 0.481 e. The monoisotopic (exact) mass is 261 g/mol. The summed E-state index contributed by atoms with van der Waals surface area (Å²) in [5.74, 6) is -0.360. The van der Waals surface area contributed by atoms with E-state index in [9.17, 15) is 4.79 Å². The molecule has 0 fully saturated rings. The number of carboxylic acids is 1. The summed E-state index contributed by atoms with van der Waals surface area (Å²) < 4.78 is 1.56. The van der Waals surface area contributed by atoms with Crippen molar-refractivity contribution in [2.45, 2.75) is 32.2 Å². The number of aromatic nitrogens is 5. The average molecular weight is 261 g/mol. The molecule has 1 unspecified atom stereocenters. The minimum atomic E-state index is -0.860. The van der Waals surface area contributed by atoms with Crippen molar-refractivity contribution in [3.05, 3.63) is 24.4 Å². The fourth-order valence-electron chi connectivity index (χ4n) is 1.95. The van der Waals surface area contributed by atoms with Crippen molar-refractivity contribution in [2.75, 3.05) is 0 Å². The van der Waals surface area contributed by atoms with Crippen molar-refractivity contribution < 1.29 is 9.90 Å². The maximum absolute atomic E-state index is 10.9. The lowest BCUT2D eigenvalue weighted by molar-refractivity contribution is -0.138. The first-order chi connectivity index (χ1) is 9.22. The molecule has 0 saturated heterocycles. The molecule has 0 radical (unpaired) electrons. The van der Waals surface area contributed by atoms with Gasteiger partial charge in [0.1, 0.15) is 5.69 Å². The van der Waals surface area contributed by atoms with Crippen LogP contribution >= 0.6 is 0 Å². The van der Waals surface area contributed by atoms with Crippen LogP contribution in [0.1, 0.15) is 32.2 Å². The number of aliphatic carboxylic acids is 1. The van der Waals surface area contributed by atoms with Crippen molar-refractivity contribution in [3.63, 3.8) is 0 Å². The van der Waals surface area contributed by atoms with Crippen molar-refractivity contribution >= 4 is 5.97 Å². The van der Waals surface area contributed by atoms with Crippen LogP contribution in [-0.4, -0.2) is 36.3 Å².